The van der Waals surface area contributed by atoms with Crippen LogP contribution in [-0.4, -0.2) is 8.96 Å². The number of halogens is 2. The van der Waals surface area contributed by atoms with Crippen molar-refractivity contribution < 1.29 is 3.89 Å². The zero-order valence-corrected chi connectivity index (χ0v) is 8.65. The molecule has 0 saturated carbocycles. The number of hydrogen-bond donors (Lipinski definition) is 1. The van der Waals surface area contributed by atoms with Crippen LogP contribution in [0.25, 0.3) is 10.9 Å². The molecule has 2 aromatic heterocycles. The Hall–Kier alpha value is -0.750. The van der Waals surface area contributed by atoms with Crippen molar-refractivity contribution in [2.24, 2.45) is 0 Å². The summed E-state index contributed by atoms with van der Waals surface area (Å²) in [4.78, 5) is 13.8. The molecule has 0 aromatic carbocycles. The average Bonchev–Trinajstić information content (AvgIpc) is 2.56. The molecule has 0 saturated heterocycles. The van der Waals surface area contributed by atoms with Crippen LogP contribution in [0.15, 0.2) is 27.7 Å². The lowest BCUT2D eigenvalue weighted by Crippen LogP contribution is -2.04. The van der Waals surface area contributed by atoms with E-state index in [-0.39, 0.29) is 17.9 Å². The van der Waals surface area contributed by atoms with Crippen LogP contribution in [0.3, 0.4) is 0 Å². The quantitative estimate of drug-likeness (QED) is 0.858. The Balaban J connectivity index is 2.95. The smallest absolute Gasteiger partial charge is 0.257 e. The zero-order valence-electron chi connectivity index (χ0n) is 6.25. The molecule has 3 nitrogen and oxygen atoms in total. The molecule has 0 radical (unpaired) electrons. The van der Waals surface area contributed by atoms with Crippen molar-refractivity contribution in [3.63, 3.8) is 0 Å². The van der Waals surface area contributed by atoms with Crippen molar-refractivity contribution in [3.8, 4) is 0 Å². The summed E-state index contributed by atoms with van der Waals surface area (Å²) < 4.78 is 14.3. The van der Waals surface area contributed by atoms with Gasteiger partial charge >= 0.3 is 0 Å². The van der Waals surface area contributed by atoms with Gasteiger partial charge in [-0.2, -0.15) is 0 Å². The minimum Gasteiger partial charge on any atom is -0.327 e. The summed E-state index contributed by atoms with van der Waals surface area (Å²) in [7, 11) is 0. The van der Waals surface area contributed by atoms with Gasteiger partial charge in [-0.05, 0) is 22.0 Å². The van der Waals surface area contributed by atoms with Gasteiger partial charge in [-0.15, -0.1) is 3.89 Å². The topological polar surface area (TPSA) is 37.8 Å². The van der Waals surface area contributed by atoms with Crippen molar-refractivity contribution in [3.05, 3.63) is 33.3 Å². The second kappa shape index (κ2) is 3.19. The van der Waals surface area contributed by atoms with E-state index >= 15 is 0 Å². The van der Waals surface area contributed by atoms with E-state index in [1.165, 1.54) is 16.4 Å². The fourth-order valence-electron chi connectivity index (χ4n) is 1.16. The molecule has 2 aromatic rings. The molecule has 2 heterocycles. The van der Waals surface area contributed by atoms with E-state index < -0.39 is 0 Å². The van der Waals surface area contributed by atoms with Crippen LogP contribution >= 0.6 is 28.3 Å². The Kier molecular flexibility index (Phi) is 2.17. The molecular formula is C7H4BrFN2OS. The minimum absolute atomic E-state index is 0.0617. The van der Waals surface area contributed by atoms with Crippen LogP contribution in [0.2, 0.25) is 0 Å². The first-order valence-electron chi connectivity index (χ1n) is 3.41. The maximum atomic E-state index is 12.3. The highest BCUT2D eigenvalue weighted by atomic mass is 79.9. The molecule has 0 spiro atoms. The van der Waals surface area contributed by atoms with Crippen molar-refractivity contribution in [1.82, 2.24) is 8.96 Å². The Morgan fingerprint density at radius 1 is 1.62 bits per heavy atom. The van der Waals surface area contributed by atoms with Gasteiger partial charge in [-0.1, -0.05) is 0 Å². The third-order valence-electron chi connectivity index (χ3n) is 1.73. The van der Waals surface area contributed by atoms with Gasteiger partial charge < -0.3 is 4.98 Å². The Labute approximate surface area is 85.5 Å². The summed E-state index contributed by atoms with van der Waals surface area (Å²) in [6.45, 7) is 0. The maximum absolute atomic E-state index is 12.3. The molecule has 0 bridgehead atoms. The van der Waals surface area contributed by atoms with Crippen LogP contribution in [0.4, 0.5) is 3.89 Å². The van der Waals surface area contributed by atoms with Gasteiger partial charge in [-0.25, -0.2) is 0 Å². The molecule has 13 heavy (non-hydrogen) atoms. The van der Waals surface area contributed by atoms with E-state index in [0.717, 1.165) is 0 Å². The van der Waals surface area contributed by atoms with E-state index in [1.54, 1.807) is 6.07 Å². The van der Waals surface area contributed by atoms with E-state index in [9.17, 15) is 8.68 Å². The number of rotatable bonds is 1. The average molecular weight is 263 g/mol. The van der Waals surface area contributed by atoms with Gasteiger partial charge in [-0.3, -0.25) is 8.77 Å². The normalized spacial score (nSPS) is 10.9. The second-order valence-electron chi connectivity index (χ2n) is 2.44. The fourth-order valence-corrected chi connectivity index (χ4v) is 2.17. The highest BCUT2D eigenvalue weighted by molar-refractivity contribution is 9.10. The van der Waals surface area contributed by atoms with Crippen LogP contribution < -0.4 is 5.56 Å². The van der Waals surface area contributed by atoms with Crippen molar-refractivity contribution in [1.29, 1.82) is 0 Å². The standard InChI is InChI=1S/C7H4BrFN2OS/c8-5-3-10-7(12)4-1-2-11(13-9)6(4)5/h1-3H,(H,10,12). The van der Waals surface area contributed by atoms with Gasteiger partial charge in [0.25, 0.3) is 5.56 Å². The highest BCUT2D eigenvalue weighted by Gasteiger charge is 2.08. The predicted octanol–water partition coefficient (Wildman–Crippen LogP) is 2.47. The van der Waals surface area contributed by atoms with Gasteiger partial charge in [0.05, 0.1) is 15.4 Å². The van der Waals surface area contributed by atoms with E-state index in [2.05, 4.69) is 20.9 Å². The lowest BCUT2D eigenvalue weighted by Gasteiger charge is -1.97. The summed E-state index contributed by atoms with van der Waals surface area (Å²) >= 11 is 3.29. The van der Waals surface area contributed by atoms with Crippen LogP contribution in [0.1, 0.15) is 0 Å². The number of pyridine rings is 1. The van der Waals surface area contributed by atoms with Crippen molar-refractivity contribution in [2.75, 3.05) is 0 Å². The summed E-state index contributed by atoms with van der Waals surface area (Å²) in [6.07, 6.45) is 3.01. The summed E-state index contributed by atoms with van der Waals surface area (Å²) in [5.41, 5.74) is 0.335. The Morgan fingerprint density at radius 2 is 2.38 bits per heavy atom. The molecule has 0 amide bonds. The van der Waals surface area contributed by atoms with Crippen LogP contribution in [0.5, 0.6) is 0 Å². The molecular weight excluding hydrogens is 259 g/mol. The largest absolute Gasteiger partial charge is 0.327 e. The monoisotopic (exact) mass is 262 g/mol. The second-order valence-corrected chi connectivity index (χ2v) is 3.82. The number of hydrogen-bond acceptors (Lipinski definition) is 2. The molecule has 0 aliphatic heterocycles. The number of H-pyrrole nitrogens is 1. The summed E-state index contributed by atoms with van der Waals surface area (Å²) in [6, 6.07) is 1.57. The molecule has 68 valence electrons. The first kappa shape index (κ1) is 8.83. The van der Waals surface area contributed by atoms with Gasteiger partial charge in [0, 0.05) is 12.4 Å². The number of fused-ring (bicyclic) bond motifs is 1. The third-order valence-corrected chi connectivity index (χ3v) is 2.78. The number of nitrogens with one attached hydrogen (secondary N) is 1. The SMILES string of the molecule is O=c1[nH]cc(Br)c2c1ccn2SF. The summed E-state index contributed by atoms with van der Waals surface area (Å²) in [5.74, 6) is 0. The van der Waals surface area contributed by atoms with E-state index in [1.807, 2.05) is 0 Å². The number of nitrogens with zero attached hydrogens (tertiary/aromatic N) is 1. The molecule has 6 heteroatoms. The van der Waals surface area contributed by atoms with Crippen molar-refractivity contribution in [2.45, 2.75) is 0 Å². The molecule has 0 aliphatic rings. The first-order chi connectivity index (χ1) is 6.24. The highest BCUT2D eigenvalue weighted by Crippen LogP contribution is 2.25. The van der Waals surface area contributed by atoms with Gasteiger partial charge in [0.1, 0.15) is 0 Å². The first-order valence-corrected chi connectivity index (χ1v) is 4.88. The minimum atomic E-state index is -0.217. The Bertz CT molecular complexity index is 507. The molecule has 1 N–H and O–H groups in total. The lowest BCUT2D eigenvalue weighted by molar-refractivity contribution is 0.921. The number of aromatic nitrogens is 2. The molecule has 0 fully saturated rings. The predicted molar refractivity (Wildman–Crippen MR) is 54.4 cm³/mol. The van der Waals surface area contributed by atoms with Gasteiger partial charge in [0.15, 0.2) is 12.3 Å². The van der Waals surface area contributed by atoms with Crippen molar-refractivity contribution >= 4 is 39.2 Å². The van der Waals surface area contributed by atoms with Crippen LogP contribution in [0, 0.1) is 0 Å². The fraction of sp³-hybridized carbons (Fsp3) is 0. The Morgan fingerprint density at radius 3 is 3.08 bits per heavy atom. The lowest BCUT2D eigenvalue weighted by atomic mass is 10.3. The van der Waals surface area contributed by atoms with Gasteiger partial charge in [0.2, 0.25) is 0 Å². The molecule has 0 atom stereocenters. The van der Waals surface area contributed by atoms with E-state index in [4.69, 9.17) is 0 Å². The third kappa shape index (κ3) is 1.30. The van der Waals surface area contributed by atoms with E-state index in [0.29, 0.717) is 15.4 Å². The summed E-state index contributed by atoms with van der Waals surface area (Å²) in [5, 5.41) is 0.472. The molecule has 0 aliphatic carbocycles. The maximum Gasteiger partial charge on any atom is 0.257 e. The van der Waals surface area contributed by atoms with Crippen LogP contribution in [-0.2, 0) is 0 Å². The number of aromatic amines is 1. The molecule has 2 rings (SSSR count). The molecule has 0 unspecified atom stereocenters. The zero-order chi connectivity index (χ0) is 9.42.